The van der Waals surface area contributed by atoms with Crippen LogP contribution in [0, 0.1) is 0 Å². The van der Waals surface area contributed by atoms with Gasteiger partial charge < -0.3 is 10.1 Å². The molecular weight excluding hydrogens is 346 g/mol. The molecule has 0 spiro atoms. The largest absolute Gasteiger partial charge is 0.474 e. The first-order chi connectivity index (χ1) is 13.9. The van der Waals surface area contributed by atoms with Gasteiger partial charge in [0.1, 0.15) is 17.8 Å². The minimum absolute atomic E-state index is 0.569. The lowest BCUT2D eigenvalue weighted by atomic mass is 9.77. The standard InChI is InChI=1S/C24H21N3O/c1-4-10-19(11-5-1)24(20-12-6-2-7-13-20,21-14-8-3-9-15-21)26-22-18-25-27-16-17-28-23(22)27/h1-15,18,26H,16-17H2. The monoisotopic (exact) mass is 367 g/mol. The summed E-state index contributed by atoms with van der Waals surface area (Å²) in [6, 6.07) is 31.6. The minimum Gasteiger partial charge on any atom is -0.474 e. The molecule has 1 aromatic heterocycles. The maximum Gasteiger partial charge on any atom is 0.236 e. The van der Waals surface area contributed by atoms with Crippen LogP contribution in [0.3, 0.4) is 0 Å². The van der Waals surface area contributed by atoms with Crippen molar-refractivity contribution in [3.8, 4) is 5.88 Å². The van der Waals surface area contributed by atoms with E-state index in [1.165, 1.54) is 0 Å². The van der Waals surface area contributed by atoms with Crippen LogP contribution < -0.4 is 10.1 Å². The average molecular weight is 367 g/mol. The van der Waals surface area contributed by atoms with Crippen molar-refractivity contribution in [2.75, 3.05) is 11.9 Å². The highest BCUT2D eigenvalue weighted by molar-refractivity contribution is 5.63. The summed E-state index contributed by atoms with van der Waals surface area (Å²) in [5.74, 6) is 0.798. The highest BCUT2D eigenvalue weighted by Crippen LogP contribution is 2.42. The molecule has 0 saturated carbocycles. The lowest BCUT2D eigenvalue weighted by Crippen LogP contribution is -2.38. The Morgan fingerprint density at radius 3 is 1.75 bits per heavy atom. The van der Waals surface area contributed by atoms with E-state index in [0.29, 0.717) is 6.61 Å². The predicted molar refractivity (Wildman–Crippen MR) is 111 cm³/mol. The number of nitrogens with zero attached hydrogens (tertiary/aromatic N) is 2. The number of benzene rings is 3. The quantitative estimate of drug-likeness (QED) is 0.521. The van der Waals surface area contributed by atoms with E-state index < -0.39 is 5.54 Å². The Hall–Kier alpha value is -3.53. The van der Waals surface area contributed by atoms with Gasteiger partial charge in [0.05, 0.1) is 12.7 Å². The number of fused-ring (bicyclic) bond motifs is 1. The van der Waals surface area contributed by atoms with Crippen molar-refractivity contribution in [2.45, 2.75) is 12.1 Å². The molecule has 0 amide bonds. The number of hydrogen-bond acceptors (Lipinski definition) is 3. The van der Waals surface area contributed by atoms with Crippen molar-refractivity contribution in [1.29, 1.82) is 0 Å². The van der Waals surface area contributed by atoms with Crippen LogP contribution in [0.15, 0.2) is 97.2 Å². The first-order valence-electron chi connectivity index (χ1n) is 9.51. The molecule has 0 bridgehead atoms. The lowest BCUT2D eigenvalue weighted by molar-refractivity contribution is 0.357. The second-order valence-electron chi connectivity index (χ2n) is 6.91. The molecule has 4 heteroatoms. The van der Waals surface area contributed by atoms with E-state index in [-0.39, 0.29) is 0 Å². The lowest BCUT2D eigenvalue weighted by Gasteiger charge is -2.37. The Kier molecular flexibility index (Phi) is 4.09. The molecule has 2 heterocycles. The molecular formula is C24H21N3O. The molecule has 1 aliphatic heterocycles. The zero-order valence-corrected chi connectivity index (χ0v) is 15.5. The number of aromatic nitrogens is 2. The van der Waals surface area contributed by atoms with Gasteiger partial charge in [-0.2, -0.15) is 5.10 Å². The fourth-order valence-electron chi connectivity index (χ4n) is 3.98. The summed E-state index contributed by atoms with van der Waals surface area (Å²) in [7, 11) is 0. The molecule has 5 rings (SSSR count). The molecule has 0 unspecified atom stereocenters. The molecule has 1 aliphatic rings. The van der Waals surface area contributed by atoms with Gasteiger partial charge in [-0.3, -0.25) is 0 Å². The van der Waals surface area contributed by atoms with E-state index >= 15 is 0 Å². The fourth-order valence-corrected chi connectivity index (χ4v) is 3.98. The van der Waals surface area contributed by atoms with E-state index in [9.17, 15) is 0 Å². The van der Waals surface area contributed by atoms with Crippen molar-refractivity contribution < 1.29 is 4.74 Å². The minimum atomic E-state index is -0.569. The van der Waals surface area contributed by atoms with Crippen LogP contribution in [-0.2, 0) is 12.1 Å². The smallest absolute Gasteiger partial charge is 0.236 e. The first kappa shape index (κ1) is 16.6. The van der Waals surface area contributed by atoms with Crippen LogP contribution in [0.25, 0.3) is 0 Å². The maximum absolute atomic E-state index is 5.86. The van der Waals surface area contributed by atoms with Gasteiger partial charge in [0.2, 0.25) is 5.88 Å². The van der Waals surface area contributed by atoms with Crippen LogP contribution in [0.5, 0.6) is 5.88 Å². The molecule has 1 N–H and O–H groups in total. The molecule has 0 radical (unpaired) electrons. The summed E-state index contributed by atoms with van der Waals surface area (Å²) in [5, 5.41) is 8.30. The summed E-state index contributed by atoms with van der Waals surface area (Å²) in [6.07, 6.45) is 1.86. The van der Waals surface area contributed by atoms with Crippen LogP contribution >= 0.6 is 0 Å². The van der Waals surface area contributed by atoms with Gasteiger partial charge in [0, 0.05) is 0 Å². The number of rotatable bonds is 5. The molecule has 3 aromatic carbocycles. The van der Waals surface area contributed by atoms with Gasteiger partial charge in [-0.05, 0) is 16.7 Å². The number of ether oxygens (including phenoxy) is 1. The Bertz CT molecular complexity index is 962. The second kappa shape index (κ2) is 6.89. The van der Waals surface area contributed by atoms with E-state index in [1.807, 2.05) is 29.1 Å². The zero-order valence-electron chi connectivity index (χ0n) is 15.5. The molecule has 4 nitrogen and oxygen atoms in total. The molecule has 0 atom stereocenters. The second-order valence-corrected chi connectivity index (χ2v) is 6.91. The average Bonchev–Trinajstić information content (AvgIpc) is 3.39. The van der Waals surface area contributed by atoms with Crippen molar-refractivity contribution in [3.05, 3.63) is 114 Å². The highest BCUT2D eigenvalue weighted by atomic mass is 16.5. The van der Waals surface area contributed by atoms with E-state index in [2.05, 4.69) is 83.2 Å². The summed E-state index contributed by atoms with van der Waals surface area (Å²) in [4.78, 5) is 0. The Morgan fingerprint density at radius 1 is 0.750 bits per heavy atom. The van der Waals surface area contributed by atoms with E-state index in [0.717, 1.165) is 34.8 Å². The van der Waals surface area contributed by atoms with Crippen molar-refractivity contribution in [2.24, 2.45) is 0 Å². The maximum atomic E-state index is 5.86. The predicted octanol–water partition coefficient (Wildman–Crippen LogP) is 4.68. The summed E-state index contributed by atoms with van der Waals surface area (Å²) in [5.41, 5.74) is 3.80. The van der Waals surface area contributed by atoms with Gasteiger partial charge in [0.25, 0.3) is 0 Å². The van der Waals surface area contributed by atoms with Gasteiger partial charge in [-0.15, -0.1) is 0 Å². The highest BCUT2D eigenvalue weighted by Gasteiger charge is 2.38. The zero-order chi connectivity index (χ0) is 18.8. The Labute approximate surface area is 164 Å². The summed E-state index contributed by atoms with van der Waals surface area (Å²) >= 11 is 0. The van der Waals surface area contributed by atoms with Crippen LogP contribution in [-0.4, -0.2) is 16.4 Å². The molecule has 138 valence electrons. The van der Waals surface area contributed by atoms with Crippen LogP contribution in [0.4, 0.5) is 5.69 Å². The van der Waals surface area contributed by atoms with Crippen molar-refractivity contribution in [1.82, 2.24) is 9.78 Å². The number of nitrogens with one attached hydrogen (secondary N) is 1. The van der Waals surface area contributed by atoms with Gasteiger partial charge in [0.15, 0.2) is 0 Å². The third-order valence-corrected chi connectivity index (χ3v) is 5.28. The van der Waals surface area contributed by atoms with Crippen molar-refractivity contribution in [3.63, 3.8) is 0 Å². The topological polar surface area (TPSA) is 39.1 Å². The Morgan fingerprint density at radius 2 is 1.25 bits per heavy atom. The third-order valence-electron chi connectivity index (χ3n) is 5.28. The first-order valence-corrected chi connectivity index (χ1v) is 9.51. The molecule has 4 aromatic rings. The third kappa shape index (κ3) is 2.65. The fraction of sp³-hybridized carbons (Fsp3) is 0.125. The van der Waals surface area contributed by atoms with Gasteiger partial charge >= 0.3 is 0 Å². The number of hydrogen-bond donors (Lipinski definition) is 1. The van der Waals surface area contributed by atoms with Crippen LogP contribution in [0.2, 0.25) is 0 Å². The molecule has 0 saturated heterocycles. The van der Waals surface area contributed by atoms with Gasteiger partial charge in [-0.1, -0.05) is 91.0 Å². The summed E-state index contributed by atoms with van der Waals surface area (Å²) < 4.78 is 7.77. The summed E-state index contributed by atoms with van der Waals surface area (Å²) in [6.45, 7) is 1.44. The Balaban J connectivity index is 1.77. The molecule has 0 fully saturated rings. The normalized spacial score (nSPS) is 13.0. The number of anilines is 1. The van der Waals surface area contributed by atoms with Crippen LogP contribution in [0.1, 0.15) is 16.7 Å². The molecule has 0 aliphatic carbocycles. The SMILES string of the molecule is c1ccc(C(Nc2cnn3c2OCC3)(c2ccccc2)c2ccccc2)cc1. The van der Waals surface area contributed by atoms with E-state index in [4.69, 9.17) is 4.74 Å². The van der Waals surface area contributed by atoms with Gasteiger partial charge in [-0.25, -0.2) is 4.68 Å². The van der Waals surface area contributed by atoms with Crippen molar-refractivity contribution >= 4 is 5.69 Å². The molecule has 28 heavy (non-hydrogen) atoms. The van der Waals surface area contributed by atoms with E-state index in [1.54, 1.807) is 0 Å².